The second-order valence-corrected chi connectivity index (χ2v) is 7.00. The molecule has 0 atom stereocenters. The number of amides is 1. The van der Waals surface area contributed by atoms with E-state index in [9.17, 15) is 4.79 Å². The third kappa shape index (κ3) is 3.37. The van der Waals surface area contributed by atoms with Crippen molar-refractivity contribution in [3.63, 3.8) is 0 Å². The number of aryl methyl sites for hydroxylation is 1. The maximum Gasteiger partial charge on any atom is 0.276 e. The number of anilines is 1. The molecule has 21 heavy (non-hydrogen) atoms. The number of nitrogens with one attached hydrogen (secondary N) is 1. The van der Waals surface area contributed by atoms with Gasteiger partial charge in [0.15, 0.2) is 5.69 Å². The molecule has 0 spiro atoms. The first-order chi connectivity index (χ1) is 9.65. The van der Waals surface area contributed by atoms with Crippen molar-refractivity contribution in [2.75, 3.05) is 18.8 Å². The Kier molecular flexibility index (Phi) is 4.02. The smallest absolute Gasteiger partial charge is 0.276 e. The van der Waals surface area contributed by atoms with Crippen LogP contribution in [0.1, 0.15) is 57.2 Å². The zero-order valence-electron chi connectivity index (χ0n) is 13.6. The van der Waals surface area contributed by atoms with Crippen molar-refractivity contribution in [1.29, 1.82) is 0 Å². The van der Waals surface area contributed by atoms with Crippen molar-refractivity contribution < 1.29 is 9.53 Å². The molecule has 6 heteroatoms. The maximum atomic E-state index is 12.7. The lowest BCUT2D eigenvalue weighted by atomic mass is 9.98. The Hall–Kier alpha value is -1.56. The fraction of sp³-hybridized carbons (Fsp3) is 0.733. The van der Waals surface area contributed by atoms with Gasteiger partial charge in [-0.15, -0.1) is 0 Å². The molecule has 1 saturated heterocycles. The van der Waals surface area contributed by atoms with Crippen molar-refractivity contribution in [2.45, 2.75) is 58.7 Å². The highest BCUT2D eigenvalue weighted by molar-refractivity contribution is 5.97. The van der Waals surface area contributed by atoms with E-state index >= 15 is 0 Å². The monoisotopic (exact) mass is 294 g/mol. The predicted molar refractivity (Wildman–Crippen MR) is 82.1 cm³/mol. The van der Waals surface area contributed by atoms with Gasteiger partial charge in [-0.25, -0.2) is 0 Å². The fourth-order valence-corrected chi connectivity index (χ4v) is 3.07. The minimum absolute atomic E-state index is 0.129. The van der Waals surface area contributed by atoms with Crippen molar-refractivity contribution in [3.8, 4) is 0 Å². The number of aromatic amines is 1. The Morgan fingerprint density at radius 1 is 1.33 bits per heavy atom. The Morgan fingerprint density at radius 2 is 1.90 bits per heavy atom. The van der Waals surface area contributed by atoms with E-state index in [1.165, 1.54) is 0 Å². The van der Waals surface area contributed by atoms with Gasteiger partial charge >= 0.3 is 0 Å². The van der Waals surface area contributed by atoms with Gasteiger partial charge in [-0.1, -0.05) is 13.3 Å². The molecule has 1 aromatic heterocycles. The van der Waals surface area contributed by atoms with Crippen LogP contribution in [0.25, 0.3) is 0 Å². The highest BCUT2D eigenvalue weighted by Gasteiger charge is 2.41. The van der Waals surface area contributed by atoms with E-state index in [4.69, 9.17) is 10.5 Å². The molecule has 1 aliphatic heterocycles. The number of carbonyl (C=O) groups excluding carboxylic acids is 1. The average Bonchev–Trinajstić information content (AvgIpc) is 2.67. The van der Waals surface area contributed by atoms with Crippen LogP contribution >= 0.6 is 0 Å². The molecule has 0 aromatic carbocycles. The van der Waals surface area contributed by atoms with E-state index in [2.05, 4.69) is 17.1 Å². The molecule has 1 aromatic rings. The van der Waals surface area contributed by atoms with Crippen LogP contribution in [-0.2, 0) is 11.2 Å². The van der Waals surface area contributed by atoms with Crippen LogP contribution in [0.2, 0.25) is 0 Å². The average molecular weight is 294 g/mol. The van der Waals surface area contributed by atoms with Gasteiger partial charge in [0, 0.05) is 13.1 Å². The van der Waals surface area contributed by atoms with E-state index in [0.717, 1.165) is 18.5 Å². The van der Waals surface area contributed by atoms with Crippen LogP contribution in [0, 0.1) is 0 Å². The summed E-state index contributed by atoms with van der Waals surface area (Å²) in [7, 11) is 0. The van der Waals surface area contributed by atoms with E-state index in [1.807, 2.05) is 27.7 Å². The number of aromatic nitrogens is 2. The molecular formula is C15H26N4O2. The summed E-state index contributed by atoms with van der Waals surface area (Å²) in [5, 5.41) is 7.01. The summed E-state index contributed by atoms with van der Waals surface area (Å²) in [4.78, 5) is 14.5. The quantitative estimate of drug-likeness (QED) is 0.892. The lowest BCUT2D eigenvalue weighted by Gasteiger charge is -2.46. The summed E-state index contributed by atoms with van der Waals surface area (Å²) in [6, 6.07) is 0. The molecule has 0 unspecified atom stereocenters. The number of nitrogens with two attached hydrogens (primary N) is 1. The Bertz CT molecular complexity index is 518. The van der Waals surface area contributed by atoms with Crippen LogP contribution in [0.4, 0.5) is 5.69 Å². The Balaban J connectivity index is 2.23. The molecule has 0 saturated carbocycles. The van der Waals surface area contributed by atoms with Crippen LogP contribution < -0.4 is 5.73 Å². The number of H-pyrrole nitrogens is 1. The first-order valence-corrected chi connectivity index (χ1v) is 7.47. The molecule has 0 bridgehead atoms. The van der Waals surface area contributed by atoms with Crippen molar-refractivity contribution in [1.82, 2.24) is 15.1 Å². The minimum atomic E-state index is -0.380. The second-order valence-electron chi connectivity index (χ2n) is 7.00. The lowest BCUT2D eigenvalue weighted by molar-refractivity contribution is -0.171. The summed E-state index contributed by atoms with van der Waals surface area (Å²) >= 11 is 0. The SMILES string of the molecule is CCCc1[nH]nc(C(=O)N2CC(C)(C)OC(C)(C)C2)c1N. The van der Waals surface area contributed by atoms with Crippen LogP contribution in [0.3, 0.4) is 0 Å². The number of ether oxygens (including phenoxy) is 1. The molecule has 0 aliphatic carbocycles. The lowest BCUT2D eigenvalue weighted by Crippen LogP contribution is -2.58. The molecule has 1 amide bonds. The molecule has 6 nitrogen and oxygen atoms in total. The first kappa shape index (κ1) is 15.8. The van der Waals surface area contributed by atoms with Gasteiger partial charge in [0.1, 0.15) is 0 Å². The van der Waals surface area contributed by atoms with Crippen molar-refractivity contribution in [3.05, 3.63) is 11.4 Å². The normalized spacial score (nSPS) is 20.5. The van der Waals surface area contributed by atoms with Gasteiger partial charge in [0.25, 0.3) is 5.91 Å². The molecule has 1 aliphatic rings. The molecule has 0 radical (unpaired) electrons. The number of hydrogen-bond donors (Lipinski definition) is 2. The summed E-state index contributed by atoms with van der Waals surface area (Å²) in [6.07, 6.45) is 1.75. The van der Waals surface area contributed by atoms with Gasteiger partial charge in [-0.2, -0.15) is 5.10 Å². The van der Waals surface area contributed by atoms with E-state index in [-0.39, 0.29) is 17.1 Å². The number of nitrogens with zero attached hydrogens (tertiary/aromatic N) is 2. The highest BCUT2D eigenvalue weighted by Crippen LogP contribution is 2.29. The first-order valence-electron chi connectivity index (χ1n) is 7.47. The third-order valence-electron chi connectivity index (χ3n) is 3.57. The van der Waals surface area contributed by atoms with E-state index in [1.54, 1.807) is 4.90 Å². The largest absolute Gasteiger partial charge is 0.395 e. The van der Waals surface area contributed by atoms with Crippen molar-refractivity contribution >= 4 is 11.6 Å². The molecule has 2 rings (SSSR count). The summed E-state index contributed by atoms with van der Waals surface area (Å²) < 4.78 is 6.00. The Morgan fingerprint density at radius 3 is 2.43 bits per heavy atom. The summed E-state index contributed by atoms with van der Waals surface area (Å²) in [5.41, 5.74) is 6.94. The Labute approximate surface area is 126 Å². The zero-order chi connectivity index (χ0) is 15.8. The van der Waals surface area contributed by atoms with E-state index < -0.39 is 0 Å². The number of hydrogen-bond acceptors (Lipinski definition) is 4. The summed E-state index contributed by atoms with van der Waals surface area (Å²) in [6.45, 7) is 11.1. The van der Waals surface area contributed by atoms with Gasteiger partial charge in [0.2, 0.25) is 0 Å². The van der Waals surface area contributed by atoms with Gasteiger partial charge in [0.05, 0.1) is 22.6 Å². The maximum absolute atomic E-state index is 12.7. The van der Waals surface area contributed by atoms with Gasteiger partial charge in [-0.3, -0.25) is 9.89 Å². The summed E-state index contributed by atoms with van der Waals surface area (Å²) in [5.74, 6) is -0.129. The molecule has 2 heterocycles. The van der Waals surface area contributed by atoms with Crippen LogP contribution in [-0.4, -0.2) is 45.3 Å². The van der Waals surface area contributed by atoms with Crippen LogP contribution in [0.5, 0.6) is 0 Å². The highest BCUT2D eigenvalue weighted by atomic mass is 16.5. The molecule has 3 N–H and O–H groups in total. The molecular weight excluding hydrogens is 268 g/mol. The minimum Gasteiger partial charge on any atom is -0.395 e. The standard InChI is InChI=1S/C15H26N4O2/c1-6-7-10-11(16)12(18-17-10)13(20)19-8-14(2,3)21-15(4,5)9-19/h6-9,16H2,1-5H3,(H,17,18). The van der Waals surface area contributed by atoms with Crippen LogP contribution in [0.15, 0.2) is 0 Å². The van der Waals surface area contributed by atoms with Gasteiger partial charge < -0.3 is 15.4 Å². The van der Waals surface area contributed by atoms with Crippen molar-refractivity contribution in [2.24, 2.45) is 0 Å². The van der Waals surface area contributed by atoms with E-state index in [0.29, 0.717) is 24.5 Å². The number of rotatable bonds is 3. The molecule has 1 fully saturated rings. The number of nitrogen functional groups attached to an aromatic ring is 1. The zero-order valence-corrected chi connectivity index (χ0v) is 13.6. The second kappa shape index (κ2) is 5.33. The van der Waals surface area contributed by atoms with Gasteiger partial charge in [-0.05, 0) is 34.1 Å². The fourth-order valence-electron chi connectivity index (χ4n) is 3.07. The third-order valence-corrected chi connectivity index (χ3v) is 3.57. The predicted octanol–water partition coefficient (Wildman–Crippen LogP) is 1.97. The topological polar surface area (TPSA) is 84.2 Å². The number of morpholine rings is 1. The molecule has 118 valence electrons. The number of carbonyl (C=O) groups is 1.